The monoisotopic (exact) mass is 257 g/mol. The minimum Gasteiger partial charge on any atom is -0.324 e. The highest BCUT2D eigenvalue weighted by molar-refractivity contribution is 5.95. The summed E-state index contributed by atoms with van der Waals surface area (Å²) in [5.74, 6) is 6.49. The van der Waals surface area contributed by atoms with Crippen LogP contribution in [0.4, 0.5) is 5.69 Å². The van der Waals surface area contributed by atoms with Crippen molar-refractivity contribution < 1.29 is 0 Å². The van der Waals surface area contributed by atoms with Crippen LogP contribution in [0, 0.1) is 5.92 Å². The molecular formula is C14H19N5. The van der Waals surface area contributed by atoms with Crippen LogP contribution >= 0.6 is 0 Å². The van der Waals surface area contributed by atoms with E-state index in [2.05, 4.69) is 34.6 Å². The van der Waals surface area contributed by atoms with Gasteiger partial charge in [0.25, 0.3) is 0 Å². The summed E-state index contributed by atoms with van der Waals surface area (Å²) < 4.78 is 0. The lowest BCUT2D eigenvalue weighted by atomic mass is 10.2. The minimum absolute atomic E-state index is 0.486. The molecule has 0 amide bonds. The van der Waals surface area contributed by atoms with Crippen LogP contribution < -0.4 is 16.6 Å². The third-order valence-electron chi connectivity index (χ3n) is 2.60. The Morgan fingerprint density at radius 1 is 1.37 bits per heavy atom. The van der Waals surface area contributed by atoms with E-state index in [1.165, 1.54) is 0 Å². The van der Waals surface area contributed by atoms with Crippen LogP contribution in [0.3, 0.4) is 0 Å². The Kier molecular flexibility index (Phi) is 4.30. The smallest absolute Gasteiger partial charge is 0.210 e. The number of hydrogen-bond donors (Lipinski definition) is 3. The average molecular weight is 257 g/mol. The molecule has 4 N–H and O–H groups in total. The van der Waals surface area contributed by atoms with E-state index in [4.69, 9.17) is 5.84 Å². The number of para-hydroxylation sites is 1. The summed E-state index contributed by atoms with van der Waals surface area (Å²) >= 11 is 0. The second-order valence-electron chi connectivity index (χ2n) is 4.77. The number of hydrazine groups is 1. The Morgan fingerprint density at radius 2 is 2.16 bits per heavy atom. The molecule has 0 saturated heterocycles. The molecule has 0 unspecified atom stereocenters. The van der Waals surface area contributed by atoms with E-state index in [0.717, 1.165) is 16.6 Å². The molecule has 2 rings (SSSR count). The molecule has 0 aliphatic rings. The van der Waals surface area contributed by atoms with E-state index in [9.17, 15) is 0 Å². The largest absolute Gasteiger partial charge is 0.324 e. The zero-order valence-electron chi connectivity index (χ0n) is 11.2. The Bertz CT molecular complexity index is 577. The molecule has 5 heteroatoms. The van der Waals surface area contributed by atoms with Gasteiger partial charge in [0.05, 0.1) is 17.4 Å². The van der Waals surface area contributed by atoms with Gasteiger partial charge in [-0.05, 0) is 18.1 Å². The van der Waals surface area contributed by atoms with Crippen molar-refractivity contribution in [2.75, 3.05) is 11.9 Å². The Balaban J connectivity index is 2.17. The highest BCUT2D eigenvalue weighted by Crippen LogP contribution is 2.15. The topological polar surface area (TPSA) is 75.3 Å². The van der Waals surface area contributed by atoms with E-state index in [0.29, 0.717) is 18.4 Å². The van der Waals surface area contributed by atoms with Gasteiger partial charge in [-0.15, -0.1) is 0 Å². The standard InChI is InChI=1S/C14H19N5/c1-10(2)8-17-14(19-15)18-12-7-11-5-3-4-6-13(11)16-9-12/h3-7,9-10H,8,15H2,1-2H3,(H2,17,18,19). The molecule has 0 aliphatic heterocycles. The van der Waals surface area contributed by atoms with Gasteiger partial charge in [-0.1, -0.05) is 32.0 Å². The van der Waals surface area contributed by atoms with Crippen molar-refractivity contribution in [1.29, 1.82) is 0 Å². The molecule has 100 valence electrons. The summed E-state index contributed by atoms with van der Waals surface area (Å²) in [7, 11) is 0. The molecule has 19 heavy (non-hydrogen) atoms. The maximum absolute atomic E-state index is 5.46. The predicted molar refractivity (Wildman–Crippen MR) is 79.8 cm³/mol. The van der Waals surface area contributed by atoms with Crippen molar-refractivity contribution in [2.45, 2.75) is 13.8 Å². The first-order valence-electron chi connectivity index (χ1n) is 6.32. The van der Waals surface area contributed by atoms with Gasteiger partial charge in [0.2, 0.25) is 5.96 Å². The first-order chi connectivity index (χ1) is 9.19. The lowest BCUT2D eigenvalue weighted by Crippen LogP contribution is -2.36. The summed E-state index contributed by atoms with van der Waals surface area (Å²) in [5.41, 5.74) is 4.39. The number of hydrogen-bond acceptors (Lipinski definition) is 3. The van der Waals surface area contributed by atoms with E-state index in [1.54, 1.807) is 6.20 Å². The molecule has 1 aromatic carbocycles. The molecule has 1 heterocycles. The van der Waals surface area contributed by atoms with Crippen molar-refractivity contribution >= 4 is 22.5 Å². The number of pyridine rings is 1. The summed E-state index contributed by atoms with van der Waals surface area (Å²) in [6.45, 7) is 4.93. The quantitative estimate of drug-likeness (QED) is 0.341. The summed E-state index contributed by atoms with van der Waals surface area (Å²) in [6.07, 6.45) is 1.77. The summed E-state index contributed by atoms with van der Waals surface area (Å²) in [4.78, 5) is 8.74. The maximum Gasteiger partial charge on any atom is 0.210 e. The molecule has 5 nitrogen and oxygen atoms in total. The van der Waals surface area contributed by atoms with Crippen LogP contribution in [-0.4, -0.2) is 17.5 Å². The fourth-order valence-electron chi connectivity index (χ4n) is 1.67. The van der Waals surface area contributed by atoms with Gasteiger partial charge in [-0.2, -0.15) is 0 Å². The van der Waals surface area contributed by atoms with Crippen LogP contribution in [0.15, 0.2) is 41.5 Å². The Morgan fingerprint density at radius 3 is 2.89 bits per heavy atom. The highest BCUT2D eigenvalue weighted by Gasteiger charge is 2.01. The number of aromatic nitrogens is 1. The third-order valence-corrected chi connectivity index (χ3v) is 2.60. The van der Waals surface area contributed by atoms with Crippen LogP contribution in [0.25, 0.3) is 10.9 Å². The molecule has 0 spiro atoms. The van der Waals surface area contributed by atoms with Gasteiger partial charge in [0.1, 0.15) is 0 Å². The van der Waals surface area contributed by atoms with E-state index in [-0.39, 0.29) is 0 Å². The average Bonchev–Trinajstić information content (AvgIpc) is 2.43. The van der Waals surface area contributed by atoms with Gasteiger partial charge in [0.15, 0.2) is 0 Å². The maximum atomic E-state index is 5.46. The Labute approximate surface area is 112 Å². The normalized spacial score (nSPS) is 11.9. The fourth-order valence-corrected chi connectivity index (χ4v) is 1.67. The van der Waals surface area contributed by atoms with E-state index >= 15 is 0 Å². The number of nitrogens with two attached hydrogens (primary N) is 1. The van der Waals surface area contributed by atoms with Crippen LogP contribution in [0.5, 0.6) is 0 Å². The first kappa shape index (κ1) is 13.3. The number of guanidine groups is 1. The van der Waals surface area contributed by atoms with Gasteiger partial charge in [-0.25, -0.2) is 5.84 Å². The van der Waals surface area contributed by atoms with Crippen molar-refractivity contribution in [2.24, 2.45) is 16.8 Å². The zero-order valence-corrected chi connectivity index (χ0v) is 11.2. The van der Waals surface area contributed by atoms with Gasteiger partial charge in [0, 0.05) is 11.9 Å². The van der Waals surface area contributed by atoms with Gasteiger partial charge >= 0.3 is 0 Å². The third kappa shape index (κ3) is 3.66. The van der Waals surface area contributed by atoms with Crippen LogP contribution in [-0.2, 0) is 0 Å². The first-order valence-corrected chi connectivity index (χ1v) is 6.32. The highest BCUT2D eigenvalue weighted by atomic mass is 15.3. The van der Waals surface area contributed by atoms with Crippen molar-refractivity contribution in [3.05, 3.63) is 36.5 Å². The number of anilines is 1. The molecule has 0 bridgehead atoms. The molecule has 1 aromatic heterocycles. The number of nitrogens with zero attached hydrogens (tertiary/aromatic N) is 2. The second kappa shape index (κ2) is 6.15. The molecule has 0 atom stereocenters. The van der Waals surface area contributed by atoms with Crippen LogP contribution in [0.2, 0.25) is 0 Å². The van der Waals surface area contributed by atoms with Crippen LogP contribution in [0.1, 0.15) is 13.8 Å². The number of nitrogens with one attached hydrogen (secondary N) is 2. The summed E-state index contributed by atoms with van der Waals surface area (Å²) in [5, 5.41) is 4.20. The molecule has 0 saturated carbocycles. The molecular weight excluding hydrogens is 238 g/mol. The molecule has 2 aromatic rings. The fraction of sp³-hybridized carbons (Fsp3) is 0.286. The minimum atomic E-state index is 0.486. The van der Waals surface area contributed by atoms with Crippen molar-refractivity contribution in [3.63, 3.8) is 0 Å². The number of aliphatic imine (C=N–C) groups is 1. The number of fused-ring (bicyclic) bond motifs is 1. The van der Waals surface area contributed by atoms with Gasteiger partial charge in [-0.3, -0.25) is 15.4 Å². The molecule has 0 radical (unpaired) electrons. The zero-order chi connectivity index (χ0) is 13.7. The predicted octanol–water partition coefficient (Wildman–Crippen LogP) is 2.12. The second-order valence-corrected chi connectivity index (χ2v) is 4.77. The molecule has 0 aliphatic carbocycles. The van der Waals surface area contributed by atoms with Gasteiger partial charge < -0.3 is 5.32 Å². The summed E-state index contributed by atoms with van der Waals surface area (Å²) in [6, 6.07) is 9.98. The van der Waals surface area contributed by atoms with E-state index < -0.39 is 0 Å². The SMILES string of the molecule is CC(C)CN=C(NN)Nc1cnc2ccccc2c1. The lowest BCUT2D eigenvalue weighted by Gasteiger charge is -2.10. The lowest BCUT2D eigenvalue weighted by molar-refractivity contribution is 0.663. The van der Waals surface area contributed by atoms with Crippen molar-refractivity contribution in [1.82, 2.24) is 10.4 Å². The number of rotatable bonds is 3. The van der Waals surface area contributed by atoms with Crippen molar-refractivity contribution in [3.8, 4) is 0 Å². The van der Waals surface area contributed by atoms with E-state index in [1.807, 2.05) is 30.3 Å². The molecule has 0 fully saturated rings. The Hall–Kier alpha value is -2.14. The number of benzene rings is 1.